The lowest BCUT2D eigenvalue weighted by Gasteiger charge is -2.28. The molecule has 5 heteroatoms. The van der Waals surface area contributed by atoms with Gasteiger partial charge >= 0.3 is 0 Å². The Morgan fingerprint density at radius 1 is 1.39 bits per heavy atom. The van der Waals surface area contributed by atoms with Crippen LogP contribution in [0, 0.1) is 0 Å². The summed E-state index contributed by atoms with van der Waals surface area (Å²) in [6.07, 6.45) is 2.01. The molecule has 5 nitrogen and oxygen atoms in total. The molecular formula is C13H22N4O. The minimum atomic E-state index is 0.397. The molecule has 1 fully saturated rings. The molecule has 1 aromatic heterocycles. The predicted molar refractivity (Wildman–Crippen MR) is 73.2 cm³/mol. The number of hydrogen-bond donors (Lipinski definition) is 1. The highest BCUT2D eigenvalue weighted by atomic mass is 16.5. The highest BCUT2D eigenvalue weighted by molar-refractivity contribution is 5.44. The van der Waals surface area contributed by atoms with E-state index in [1.165, 1.54) is 0 Å². The first-order chi connectivity index (χ1) is 8.72. The van der Waals surface area contributed by atoms with Crippen molar-refractivity contribution in [1.82, 2.24) is 9.97 Å². The maximum Gasteiger partial charge on any atom is 0.227 e. The first-order valence-corrected chi connectivity index (χ1v) is 6.66. The Kier molecular flexibility index (Phi) is 4.36. The van der Waals surface area contributed by atoms with Crippen molar-refractivity contribution in [2.45, 2.75) is 32.7 Å². The second-order valence-electron chi connectivity index (χ2n) is 4.70. The quantitative estimate of drug-likeness (QED) is 0.832. The van der Waals surface area contributed by atoms with Gasteiger partial charge in [0.05, 0.1) is 19.3 Å². The van der Waals surface area contributed by atoms with Crippen LogP contribution >= 0.6 is 0 Å². The number of nitrogens with one attached hydrogen (secondary N) is 1. The number of aryl methyl sites for hydroxylation is 1. The normalized spacial score (nSPS) is 15.3. The summed E-state index contributed by atoms with van der Waals surface area (Å²) in [5.41, 5.74) is 1.07. The second kappa shape index (κ2) is 6.00. The standard InChI is InChI=1S/C13H22N4O/c1-4-6-17(3)13-15-10(5-2)7-12(16-13)14-11-8-18-9-11/h7,11H,4-6,8-9H2,1-3H3,(H,14,15,16). The molecular weight excluding hydrogens is 228 g/mol. The maximum atomic E-state index is 5.16. The van der Waals surface area contributed by atoms with Crippen LogP contribution in [0.2, 0.25) is 0 Å². The van der Waals surface area contributed by atoms with Gasteiger partial charge < -0.3 is 15.0 Å². The van der Waals surface area contributed by atoms with Crippen LogP contribution in [0.5, 0.6) is 0 Å². The molecule has 2 heterocycles. The summed E-state index contributed by atoms with van der Waals surface area (Å²) in [5.74, 6) is 1.71. The topological polar surface area (TPSA) is 50.3 Å². The van der Waals surface area contributed by atoms with E-state index in [-0.39, 0.29) is 0 Å². The third kappa shape index (κ3) is 3.10. The first-order valence-electron chi connectivity index (χ1n) is 6.66. The van der Waals surface area contributed by atoms with Gasteiger partial charge in [-0.2, -0.15) is 4.98 Å². The number of rotatable bonds is 6. The molecule has 0 spiro atoms. The summed E-state index contributed by atoms with van der Waals surface area (Å²) in [5, 5.41) is 3.39. The first kappa shape index (κ1) is 13.1. The zero-order valence-corrected chi connectivity index (χ0v) is 11.4. The van der Waals surface area contributed by atoms with Gasteiger partial charge in [-0.05, 0) is 12.8 Å². The Labute approximate surface area is 109 Å². The van der Waals surface area contributed by atoms with Gasteiger partial charge in [-0.25, -0.2) is 4.98 Å². The molecule has 0 bridgehead atoms. The van der Waals surface area contributed by atoms with Gasteiger partial charge in [-0.3, -0.25) is 0 Å². The zero-order valence-electron chi connectivity index (χ0n) is 11.4. The van der Waals surface area contributed by atoms with Gasteiger partial charge in [0.15, 0.2) is 0 Å². The fourth-order valence-electron chi connectivity index (χ4n) is 1.87. The van der Waals surface area contributed by atoms with E-state index in [0.717, 1.165) is 50.1 Å². The van der Waals surface area contributed by atoms with Crippen LogP contribution in [0.3, 0.4) is 0 Å². The summed E-state index contributed by atoms with van der Waals surface area (Å²) >= 11 is 0. The predicted octanol–water partition coefficient (Wildman–Crippen LogP) is 1.70. The van der Waals surface area contributed by atoms with Gasteiger partial charge in [-0.1, -0.05) is 13.8 Å². The molecule has 0 radical (unpaired) electrons. The average Bonchev–Trinajstić information content (AvgIpc) is 2.34. The van der Waals surface area contributed by atoms with E-state index >= 15 is 0 Å². The van der Waals surface area contributed by atoms with E-state index in [1.54, 1.807) is 0 Å². The van der Waals surface area contributed by atoms with Crippen molar-refractivity contribution < 1.29 is 4.74 Å². The third-order valence-electron chi connectivity index (χ3n) is 3.02. The van der Waals surface area contributed by atoms with Crippen LogP contribution in [0.15, 0.2) is 6.07 Å². The number of ether oxygens (including phenoxy) is 1. The van der Waals surface area contributed by atoms with Crippen molar-refractivity contribution in [2.24, 2.45) is 0 Å². The minimum Gasteiger partial charge on any atom is -0.377 e. The molecule has 1 aliphatic rings. The lowest BCUT2D eigenvalue weighted by atomic mass is 10.2. The van der Waals surface area contributed by atoms with Crippen molar-refractivity contribution in [1.29, 1.82) is 0 Å². The van der Waals surface area contributed by atoms with Crippen LogP contribution in [-0.2, 0) is 11.2 Å². The Balaban J connectivity index is 2.14. The van der Waals surface area contributed by atoms with Crippen molar-refractivity contribution in [3.8, 4) is 0 Å². The molecule has 0 atom stereocenters. The highest BCUT2D eigenvalue weighted by Crippen LogP contribution is 2.16. The van der Waals surface area contributed by atoms with E-state index < -0.39 is 0 Å². The van der Waals surface area contributed by atoms with E-state index in [0.29, 0.717) is 6.04 Å². The number of anilines is 2. The van der Waals surface area contributed by atoms with E-state index in [4.69, 9.17) is 4.74 Å². The summed E-state index contributed by atoms with van der Waals surface area (Å²) < 4.78 is 5.16. The number of nitrogens with zero attached hydrogens (tertiary/aromatic N) is 3. The summed E-state index contributed by atoms with van der Waals surface area (Å²) in [7, 11) is 2.04. The van der Waals surface area contributed by atoms with Crippen molar-refractivity contribution in [3.63, 3.8) is 0 Å². The zero-order chi connectivity index (χ0) is 13.0. The van der Waals surface area contributed by atoms with Crippen LogP contribution in [-0.4, -0.2) is 42.8 Å². The summed E-state index contributed by atoms with van der Waals surface area (Å²) in [6, 6.07) is 2.43. The summed E-state index contributed by atoms with van der Waals surface area (Å²) in [4.78, 5) is 11.2. The fourth-order valence-corrected chi connectivity index (χ4v) is 1.87. The largest absolute Gasteiger partial charge is 0.377 e. The molecule has 1 N–H and O–H groups in total. The molecule has 18 heavy (non-hydrogen) atoms. The van der Waals surface area contributed by atoms with Crippen LogP contribution in [0.1, 0.15) is 26.0 Å². The molecule has 0 amide bonds. The van der Waals surface area contributed by atoms with Gasteiger partial charge in [-0.15, -0.1) is 0 Å². The maximum absolute atomic E-state index is 5.16. The molecule has 0 aromatic carbocycles. The monoisotopic (exact) mass is 250 g/mol. The van der Waals surface area contributed by atoms with Crippen molar-refractivity contribution >= 4 is 11.8 Å². The second-order valence-corrected chi connectivity index (χ2v) is 4.70. The Hall–Kier alpha value is -1.36. The van der Waals surface area contributed by atoms with Gasteiger partial charge in [0.2, 0.25) is 5.95 Å². The molecule has 1 saturated heterocycles. The lowest BCUT2D eigenvalue weighted by molar-refractivity contribution is 0.0209. The molecule has 1 aliphatic heterocycles. The van der Waals surface area contributed by atoms with E-state index in [9.17, 15) is 0 Å². The Bertz CT molecular complexity index is 393. The van der Waals surface area contributed by atoms with Crippen LogP contribution in [0.4, 0.5) is 11.8 Å². The van der Waals surface area contributed by atoms with E-state index in [1.807, 2.05) is 13.1 Å². The van der Waals surface area contributed by atoms with Crippen LogP contribution in [0.25, 0.3) is 0 Å². The molecule has 2 rings (SSSR count). The molecule has 0 aliphatic carbocycles. The van der Waals surface area contributed by atoms with Crippen molar-refractivity contribution in [2.75, 3.05) is 37.0 Å². The Morgan fingerprint density at radius 2 is 2.17 bits per heavy atom. The molecule has 0 unspecified atom stereocenters. The summed E-state index contributed by atoms with van der Waals surface area (Å²) in [6.45, 7) is 6.78. The Morgan fingerprint density at radius 3 is 2.72 bits per heavy atom. The van der Waals surface area contributed by atoms with Gasteiger partial charge in [0, 0.05) is 25.4 Å². The number of hydrogen-bond acceptors (Lipinski definition) is 5. The smallest absolute Gasteiger partial charge is 0.227 e. The fraction of sp³-hybridized carbons (Fsp3) is 0.692. The lowest BCUT2D eigenvalue weighted by Crippen LogP contribution is -2.40. The van der Waals surface area contributed by atoms with E-state index in [2.05, 4.69) is 34.0 Å². The SMILES string of the molecule is CCCN(C)c1nc(CC)cc(NC2COC2)n1. The van der Waals surface area contributed by atoms with Crippen molar-refractivity contribution in [3.05, 3.63) is 11.8 Å². The van der Waals surface area contributed by atoms with Gasteiger partial charge in [0.1, 0.15) is 5.82 Å². The minimum absolute atomic E-state index is 0.397. The molecule has 1 aromatic rings. The van der Waals surface area contributed by atoms with Gasteiger partial charge in [0.25, 0.3) is 0 Å². The average molecular weight is 250 g/mol. The highest BCUT2D eigenvalue weighted by Gasteiger charge is 2.19. The molecule has 100 valence electrons. The van der Waals surface area contributed by atoms with Crippen LogP contribution < -0.4 is 10.2 Å². The molecule has 0 saturated carbocycles. The third-order valence-corrected chi connectivity index (χ3v) is 3.02. The number of aromatic nitrogens is 2.